The van der Waals surface area contributed by atoms with Crippen LogP contribution in [0.5, 0.6) is 0 Å². The molecule has 0 aromatic rings. The van der Waals surface area contributed by atoms with Crippen LogP contribution < -0.4 is 0 Å². The molecule has 67 heavy (non-hydrogen) atoms. The Kier molecular flexibility index (Phi) is 52.5. The summed E-state index contributed by atoms with van der Waals surface area (Å²) in [7, 11) is 0. The number of rotatable bonds is 55. The third-order valence-corrected chi connectivity index (χ3v) is 14.0. The van der Waals surface area contributed by atoms with Crippen LogP contribution in [0.1, 0.15) is 343 Å². The minimum Gasteiger partial charge on any atom is -0.462 e. The first-order chi connectivity index (χ1) is 32.7. The molecule has 0 aliphatic heterocycles. The monoisotopic (exact) mass is 947 g/mol. The molecule has 0 rings (SSSR count). The van der Waals surface area contributed by atoms with Crippen LogP contribution in [0.3, 0.4) is 0 Å². The lowest BCUT2D eigenvalue weighted by Gasteiger charge is -2.18. The molecule has 0 aromatic carbocycles. The quantitative estimate of drug-likeness (QED) is 0.0343. The van der Waals surface area contributed by atoms with E-state index in [0.717, 1.165) is 69.6 Å². The molecule has 398 valence electrons. The molecular formula is C61H118O6. The molecule has 0 aromatic heterocycles. The Labute approximate surface area is 418 Å². The Bertz CT molecular complexity index is 1020. The molecule has 0 spiro atoms. The summed E-state index contributed by atoms with van der Waals surface area (Å²) in [6.45, 7) is 11.4. The fourth-order valence-corrected chi connectivity index (χ4v) is 9.40. The highest BCUT2D eigenvalue weighted by Crippen LogP contribution is 2.18. The second kappa shape index (κ2) is 53.8. The van der Waals surface area contributed by atoms with Crippen molar-refractivity contribution in [3.05, 3.63) is 0 Å². The van der Waals surface area contributed by atoms with E-state index in [4.69, 9.17) is 14.2 Å². The predicted octanol–water partition coefficient (Wildman–Crippen LogP) is 20.0. The molecule has 6 nitrogen and oxygen atoms in total. The van der Waals surface area contributed by atoms with Crippen LogP contribution in [0.25, 0.3) is 0 Å². The smallest absolute Gasteiger partial charge is 0.306 e. The summed E-state index contributed by atoms with van der Waals surface area (Å²) in [5, 5.41) is 0. The fourth-order valence-electron chi connectivity index (χ4n) is 9.40. The van der Waals surface area contributed by atoms with E-state index in [-0.39, 0.29) is 31.1 Å². The average molecular weight is 948 g/mol. The molecule has 0 N–H and O–H groups in total. The Morgan fingerprint density at radius 3 is 0.731 bits per heavy atom. The maximum absolute atomic E-state index is 12.9. The first-order valence-electron chi connectivity index (χ1n) is 30.2. The van der Waals surface area contributed by atoms with Crippen molar-refractivity contribution >= 4 is 17.9 Å². The van der Waals surface area contributed by atoms with Gasteiger partial charge in [0, 0.05) is 19.3 Å². The van der Waals surface area contributed by atoms with Gasteiger partial charge in [-0.1, -0.05) is 304 Å². The van der Waals surface area contributed by atoms with Crippen molar-refractivity contribution < 1.29 is 28.6 Å². The number of carbonyl (C=O) groups is 3. The minimum atomic E-state index is -0.763. The third kappa shape index (κ3) is 55.2. The molecule has 1 atom stereocenters. The highest BCUT2D eigenvalue weighted by molar-refractivity contribution is 5.71. The number of hydrogen-bond acceptors (Lipinski definition) is 6. The summed E-state index contributed by atoms with van der Waals surface area (Å²) in [5.74, 6) is 0.852. The lowest BCUT2D eigenvalue weighted by molar-refractivity contribution is -0.167. The summed E-state index contributed by atoms with van der Waals surface area (Å²) < 4.78 is 16.9. The number of carbonyl (C=O) groups excluding carboxylic acids is 3. The largest absolute Gasteiger partial charge is 0.462 e. The number of unbranched alkanes of at least 4 members (excludes halogenated alkanes) is 40. The van der Waals surface area contributed by atoms with Gasteiger partial charge in [0.05, 0.1) is 0 Å². The van der Waals surface area contributed by atoms with Crippen LogP contribution in [0.2, 0.25) is 0 Å². The predicted molar refractivity (Wildman–Crippen MR) is 289 cm³/mol. The SMILES string of the molecule is CCCCCCCCCCCCCCCCCC(=O)OC[C@@H](COC(=O)CCCCCCCCCCCCCCCCCC(C)C)OC(=O)CCCCCCCCCCCCCCCC(C)C. The fraction of sp³-hybridized carbons (Fsp3) is 0.951. The summed E-state index contributed by atoms with van der Waals surface area (Å²) in [5.41, 5.74) is 0. The molecule has 0 heterocycles. The standard InChI is InChI=1S/C61H118O6/c1-6-7-8-9-10-11-12-13-15-21-26-31-36-41-46-51-59(62)65-54-58(67-61(64)53-48-43-38-33-28-23-18-20-25-30-35-40-45-50-57(4)5)55-66-60(63)52-47-42-37-32-27-22-17-14-16-19-24-29-34-39-44-49-56(2)3/h56-58H,6-55H2,1-5H3/t58-/m0/s1. The zero-order valence-electron chi connectivity index (χ0n) is 46.0. The molecule has 0 bridgehead atoms. The van der Waals surface area contributed by atoms with E-state index in [2.05, 4.69) is 34.6 Å². The summed E-state index contributed by atoms with van der Waals surface area (Å²) in [4.78, 5) is 38.2. The molecule has 0 radical (unpaired) electrons. The maximum atomic E-state index is 12.9. The van der Waals surface area contributed by atoms with Crippen LogP contribution in [0.4, 0.5) is 0 Å². The van der Waals surface area contributed by atoms with E-state index in [0.29, 0.717) is 19.3 Å². The van der Waals surface area contributed by atoms with Gasteiger partial charge in [-0.3, -0.25) is 14.4 Å². The van der Waals surface area contributed by atoms with Crippen LogP contribution in [0, 0.1) is 11.8 Å². The topological polar surface area (TPSA) is 78.9 Å². The highest BCUT2D eigenvalue weighted by Gasteiger charge is 2.19. The van der Waals surface area contributed by atoms with Gasteiger partial charge in [-0.05, 0) is 31.1 Å². The number of esters is 3. The lowest BCUT2D eigenvalue weighted by Crippen LogP contribution is -2.30. The van der Waals surface area contributed by atoms with Crippen molar-refractivity contribution in [3.63, 3.8) is 0 Å². The molecule has 0 amide bonds. The van der Waals surface area contributed by atoms with Gasteiger partial charge in [-0.15, -0.1) is 0 Å². The minimum absolute atomic E-state index is 0.0622. The van der Waals surface area contributed by atoms with Crippen LogP contribution in [-0.4, -0.2) is 37.2 Å². The molecule has 0 saturated carbocycles. The van der Waals surface area contributed by atoms with E-state index >= 15 is 0 Å². The second-order valence-corrected chi connectivity index (χ2v) is 21.9. The molecule has 0 fully saturated rings. The van der Waals surface area contributed by atoms with E-state index in [1.165, 1.54) is 231 Å². The molecule has 0 aliphatic rings. The molecule has 6 heteroatoms. The van der Waals surface area contributed by atoms with Gasteiger partial charge in [0.15, 0.2) is 6.10 Å². The second-order valence-electron chi connectivity index (χ2n) is 21.9. The van der Waals surface area contributed by atoms with E-state index in [1.807, 2.05) is 0 Å². The van der Waals surface area contributed by atoms with Crippen LogP contribution in [-0.2, 0) is 28.6 Å². The summed E-state index contributed by atoms with van der Waals surface area (Å²) >= 11 is 0. The molecule has 0 unspecified atom stereocenters. The van der Waals surface area contributed by atoms with Crippen molar-refractivity contribution in [1.82, 2.24) is 0 Å². The zero-order valence-corrected chi connectivity index (χ0v) is 46.0. The van der Waals surface area contributed by atoms with E-state index < -0.39 is 6.10 Å². The van der Waals surface area contributed by atoms with Gasteiger partial charge in [-0.25, -0.2) is 0 Å². The number of hydrogen-bond donors (Lipinski definition) is 0. The zero-order chi connectivity index (χ0) is 48.9. The van der Waals surface area contributed by atoms with E-state index in [1.54, 1.807) is 0 Å². The Morgan fingerprint density at radius 2 is 0.493 bits per heavy atom. The van der Waals surface area contributed by atoms with Crippen molar-refractivity contribution in [2.75, 3.05) is 13.2 Å². The van der Waals surface area contributed by atoms with Crippen molar-refractivity contribution in [2.24, 2.45) is 11.8 Å². The molecular weight excluding hydrogens is 829 g/mol. The maximum Gasteiger partial charge on any atom is 0.306 e. The Balaban J connectivity index is 4.29. The van der Waals surface area contributed by atoms with Gasteiger partial charge in [0.1, 0.15) is 13.2 Å². The van der Waals surface area contributed by atoms with Crippen molar-refractivity contribution in [2.45, 2.75) is 349 Å². The first kappa shape index (κ1) is 65.4. The lowest BCUT2D eigenvalue weighted by atomic mass is 10.0. The van der Waals surface area contributed by atoms with Crippen molar-refractivity contribution in [1.29, 1.82) is 0 Å². The van der Waals surface area contributed by atoms with E-state index in [9.17, 15) is 14.4 Å². The van der Waals surface area contributed by atoms with Gasteiger partial charge >= 0.3 is 17.9 Å². The van der Waals surface area contributed by atoms with Crippen LogP contribution in [0.15, 0.2) is 0 Å². The molecule has 0 aliphatic carbocycles. The highest BCUT2D eigenvalue weighted by atomic mass is 16.6. The number of ether oxygens (including phenoxy) is 3. The summed E-state index contributed by atoms with van der Waals surface area (Å²) in [6.07, 6.45) is 58.1. The van der Waals surface area contributed by atoms with Gasteiger partial charge in [0.25, 0.3) is 0 Å². The van der Waals surface area contributed by atoms with Crippen LogP contribution >= 0.6 is 0 Å². The summed E-state index contributed by atoms with van der Waals surface area (Å²) in [6, 6.07) is 0. The average Bonchev–Trinajstić information content (AvgIpc) is 3.30. The third-order valence-electron chi connectivity index (χ3n) is 14.0. The Morgan fingerprint density at radius 1 is 0.284 bits per heavy atom. The first-order valence-corrected chi connectivity index (χ1v) is 30.2. The van der Waals surface area contributed by atoms with Crippen molar-refractivity contribution in [3.8, 4) is 0 Å². The van der Waals surface area contributed by atoms with Gasteiger partial charge < -0.3 is 14.2 Å². The Hall–Kier alpha value is -1.59. The van der Waals surface area contributed by atoms with Gasteiger partial charge in [0.2, 0.25) is 0 Å². The normalized spacial score (nSPS) is 12.0. The molecule has 0 saturated heterocycles. The van der Waals surface area contributed by atoms with Gasteiger partial charge in [-0.2, -0.15) is 0 Å².